The second kappa shape index (κ2) is 53.5. The molecule has 342 valence electrons. The minimum absolute atomic E-state index is 0.0348. The van der Waals surface area contributed by atoms with Gasteiger partial charge >= 0.3 is 5.97 Å². The molecule has 0 atom stereocenters. The van der Waals surface area contributed by atoms with Gasteiger partial charge in [-0.3, -0.25) is 4.79 Å². The summed E-state index contributed by atoms with van der Waals surface area (Å²) < 4.78 is 5.50. The molecule has 0 saturated carbocycles. The zero-order chi connectivity index (χ0) is 41.1. The quantitative estimate of drug-likeness (QED) is 0.0452. The Kier molecular flexibility index (Phi) is 53.0. The maximum absolute atomic E-state index is 12.1. The first-order valence-electron chi connectivity index (χ1n) is 27.5. The van der Waals surface area contributed by atoms with Gasteiger partial charge in [0.05, 0.1) is 6.61 Å². The van der Waals surface area contributed by atoms with Crippen LogP contribution in [0.5, 0.6) is 0 Å². The predicted octanol–water partition coefficient (Wildman–Crippen LogP) is 20.5. The van der Waals surface area contributed by atoms with Crippen LogP contribution in [0.3, 0.4) is 0 Å². The van der Waals surface area contributed by atoms with Gasteiger partial charge in [-0.25, -0.2) is 0 Å². The molecule has 0 bridgehead atoms. The number of rotatable bonds is 52. The summed E-state index contributed by atoms with van der Waals surface area (Å²) >= 11 is 0. The van der Waals surface area contributed by atoms with Crippen LogP contribution in [0.15, 0.2) is 0 Å². The normalized spacial score (nSPS) is 11.5. The maximum atomic E-state index is 12.1. The summed E-state index contributed by atoms with van der Waals surface area (Å²) in [4.78, 5) is 12.1. The zero-order valence-corrected chi connectivity index (χ0v) is 40.1. The number of carbonyl (C=O) groups excluding carboxylic acids is 1. The van der Waals surface area contributed by atoms with E-state index in [-0.39, 0.29) is 5.97 Å². The minimum atomic E-state index is 0.0348. The fourth-order valence-corrected chi connectivity index (χ4v) is 8.91. The van der Waals surface area contributed by atoms with Crippen LogP contribution in [-0.2, 0) is 9.53 Å². The summed E-state index contributed by atoms with van der Waals surface area (Å²) in [6, 6.07) is 0. The molecule has 57 heavy (non-hydrogen) atoms. The van der Waals surface area contributed by atoms with Crippen molar-refractivity contribution in [2.45, 2.75) is 341 Å². The van der Waals surface area contributed by atoms with Crippen LogP contribution in [0.4, 0.5) is 0 Å². The van der Waals surface area contributed by atoms with Gasteiger partial charge in [0, 0.05) is 6.42 Å². The van der Waals surface area contributed by atoms with E-state index in [0.717, 1.165) is 12.8 Å². The van der Waals surface area contributed by atoms with Crippen LogP contribution < -0.4 is 0 Å². The maximum Gasteiger partial charge on any atom is 0.305 e. The van der Waals surface area contributed by atoms with Crippen molar-refractivity contribution in [1.29, 1.82) is 0 Å². The van der Waals surface area contributed by atoms with Gasteiger partial charge in [-0.2, -0.15) is 0 Å². The van der Waals surface area contributed by atoms with Gasteiger partial charge < -0.3 is 4.74 Å². The smallest absolute Gasteiger partial charge is 0.305 e. The third-order valence-electron chi connectivity index (χ3n) is 13.0. The molecule has 0 heterocycles. The van der Waals surface area contributed by atoms with Gasteiger partial charge in [0.1, 0.15) is 0 Å². The van der Waals surface area contributed by atoms with Crippen molar-refractivity contribution >= 4 is 5.97 Å². The molecule has 0 aromatic carbocycles. The molecule has 0 rings (SSSR count). The summed E-state index contributed by atoms with van der Waals surface area (Å²) in [5.41, 5.74) is 0. The molecule has 0 aliphatic carbocycles. The molecule has 0 aliphatic rings. The van der Waals surface area contributed by atoms with Gasteiger partial charge in [0.25, 0.3) is 0 Å². The first-order valence-corrected chi connectivity index (χ1v) is 27.5. The Morgan fingerprint density at radius 1 is 0.228 bits per heavy atom. The highest BCUT2D eigenvalue weighted by atomic mass is 16.5. The first-order chi connectivity index (χ1) is 28.3. The fraction of sp³-hybridized carbons (Fsp3) is 0.982. The van der Waals surface area contributed by atoms with Crippen LogP contribution in [0.2, 0.25) is 0 Å². The molecule has 0 saturated heterocycles. The van der Waals surface area contributed by atoms with E-state index < -0.39 is 0 Å². The molecule has 0 aromatic rings. The van der Waals surface area contributed by atoms with Crippen molar-refractivity contribution < 1.29 is 9.53 Å². The lowest BCUT2D eigenvalue weighted by atomic mass is 10.0. The highest BCUT2D eigenvalue weighted by Gasteiger charge is 2.03. The second-order valence-corrected chi connectivity index (χ2v) is 18.9. The van der Waals surface area contributed by atoms with Gasteiger partial charge in [-0.05, 0) is 12.8 Å². The number of ether oxygens (including phenoxy) is 1. The number of carbonyl (C=O) groups is 1. The topological polar surface area (TPSA) is 26.3 Å². The third-order valence-corrected chi connectivity index (χ3v) is 13.0. The van der Waals surface area contributed by atoms with Gasteiger partial charge in [0.15, 0.2) is 0 Å². The molecule has 0 aromatic heterocycles. The Bertz CT molecular complexity index is 703. The highest BCUT2D eigenvalue weighted by molar-refractivity contribution is 5.69. The van der Waals surface area contributed by atoms with E-state index in [9.17, 15) is 4.79 Å². The largest absolute Gasteiger partial charge is 0.466 e. The Hall–Kier alpha value is -0.530. The lowest BCUT2D eigenvalue weighted by Gasteiger charge is -2.06. The SMILES string of the molecule is CCCCCCCCCCCCCCCCCCCCCCCCCCCCCCCCCCC(=O)OCCCCCCCCCCCCCCCCCCCC. The Morgan fingerprint density at radius 3 is 0.579 bits per heavy atom. The minimum Gasteiger partial charge on any atom is -0.466 e. The standard InChI is InChI=1S/C55H110O2/c1-3-5-7-9-11-13-15-17-19-21-23-24-25-26-27-28-29-30-31-32-33-34-35-36-37-39-41-43-45-47-49-51-53-55(56)57-54-52-50-48-46-44-42-40-38-22-20-18-16-14-12-10-8-6-4-2/h3-54H2,1-2H3. The van der Waals surface area contributed by atoms with Crippen LogP contribution in [0.25, 0.3) is 0 Å². The number of esters is 1. The molecule has 2 heteroatoms. The fourth-order valence-electron chi connectivity index (χ4n) is 8.91. The first kappa shape index (κ1) is 56.5. The van der Waals surface area contributed by atoms with Gasteiger partial charge in [-0.1, -0.05) is 322 Å². The number of hydrogen-bond acceptors (Lipinski definition) is 2. The molecule has 2 nitrogen and oxygen atoms in total. The van der Waals surface area contributed by atoms with E-state index in [1.54, 1.807) is 0 Å². The Morgan fingerprint density at radius 2 is 0.386 bits per heavy atom. The molecule has 0 N–H and O–H groups in total. The molecule has 0 spiro atoms. The summed E-state index contributed by atoms with van der Waals surface area (Å²) in [7, 11) is 0. The van der Waals surface area contributed by atoms with E-state index in [2.05, 4.69) is 13.8 Å². The molecule has 0 radical (unpaired) electrons. The van der Waals surface area contributed by atoms with Gasteiger partial charge in [0.2, 0.25) is 0 Å². The van der Waals surface area contributed by atoms with E-state index in [4.69, 9.17) is 4.74 Å². The van der Waals surface area contributed by atoms with Crippen molar-refractivity contribution in [1.82, 2.24) is 0 Å². The van der Waals surface area contributed by atoms with E-state index >= 15 is 0 Å². The number of unbranched alkanes of at least 4 members (excludes halogenated alkanes) is 48. The summed E-state index contributed by atoms with van der Waals surface area (Å²) in [5.74, 6) is 0.0348. The molecular formula is C55H110O2. The average molecular weight is 803 g/mol. The van der Waals surface area contributed by atoms with Crippen molar-refractivity contribution in [3.8, 4) is 0 Å². The van der Waals surface area contributed by atoms with Crippen molar-refractivity contribution in [2.24, 2.45) is 0 Å². The molecule has 0 unspecified atom stereocenters. The van der Waals surface area contributed by atoms with Crippen molar-refractivity contribution in [3.05, 3.63) is 0 Å². The van der Waals surface area contributed by atoms with Crippen LogP contribution in [-0.4, -0.2) is 12.6 Å². The predicted molar refractivity (Wildman–Crippen MR) is 258 cm³/mol. The van der Waals surface area contributed by atoms with E-state index in [0.29, 0.717) is 13.0 Å². The van der Waals surface area contributed by atoms with Crippen LogP contribution in [0.1, 0.15) is 341 Å². The van der Waals surface area contributed by atoms with E-state index in [1.807, 2.05) is 0 Å². The monoisotopic (exact) mass is 803 g/mol. The number of hydrogen-bond donors (Lipinski definition) is 0. The van der Waals surface area contributed by atoms with Crippen molar-refractivity contribution in [2.75, 3.05) is 6.61 Å². The average Bonchev–Trinajstić information content (AvgIpc) is 3.22. The highest BCUT2D eigenvalue weighted by Crippen LogP contribution is 2.18. The summed E-state index contributed by atoms with van der Waals surface area (Å²) in [6.07, 6.45) is 71.3. The zero-order valence-electron chi connectivity index (χ0n) is 40.1. The summed E-state index contributed by atoms with van der Waals surface area (Å²) in [5, 5.41) is 0. The molecule has 0 aliphatic heterocycles. The summed E-state index contributed by atoms with van der Waals surface area (Å²) in [6.45, 7) is 5.24. The Balaban J connectivity index is 3.13. The van der Waals surface area contributed by atoms with Crippen molar-refractivity contribution in [3.63, 3.8) is 0 Å². The second-order valence-electron chi connectivity index (χ2n) is 18.9. The molecule has 0 fully saturated rings. The Labute approximate surface area is 362 Å². The lowest BCUT2D eigenvalue weighted by Crippen LogP contribution is -2.05. The van der Waals surface area contributed by atoms with Gasteiger partial charge in [-0.15, -0.1) is 0 Å². The molecular weight excluding hydrogens is 693 g/mol. The molecule has 0 amide bonds. The third kappa shape index (κ3) is 53.5. The van der Waals surface area contributed by atoms with Crippen LogP contribution >= 0.6 is 0 Å². The lowest BCUT2D eigenvalue weighted by molar-refractivity contribution is -0.143. The van der Waals surface area contributed by atoms with E-state index in [1.165, 1.54) is 308 Å². The van der Waals surface area contributed by atoms with Crippen LogP contribution in [0, 0.1) is 0 Å².